The lowest BCUT2D eigenvalue weighted by Crippen LogP contribution is -2.41. The number of nitrogens with zero attached hydrogens (tertiary/aromatic N) is 1. The van der Waals surface area contributed by atoms with Crippen LogP contribution in [0.15, 0.2) is 12.1 Å². The molecule has 1 saturated heterocycles. The number of piperidine rings is 1. The molecule has 28 heavy (non-hydrogen) atoms. The Morgan fingerprint density at radius 1 is 1.25 bits per heavy atom. The van der Waals surface area contributed by atoms with Gasteiger partial charge in [-0.05, 0) is 38.2 Å². The van der Waals surface area contributed by atoms with Gasteiger partial charge in [0, 0.05) is 31.1 Å². The van der Waals surface area contributed by atoms with Gasteiger partial charge in [-0.2, -0.15) is 0 Å². The van der Waals surface area contributed by atoms with Crippen LogP contribution in [0.2, 0.25) is 0 Å². The van der Waals surface area contributed by atoms with E-state index in [9.17, 15) is 18.0 Å². The second kappa shape index (κ2) is 8.48. The molecule has 154 valence electrons. The number of sulfonamides is 1. The third-order valence-corrected chi connectivity index (χ3v) is 7.02. The minimum Gasteiger partial charge on any atom is -0.454 e. The van der Waals surface area contributed by atoms with Crippen LogP contribution in [0.5, 0.6) is 11.5 Å². The summed E-state index contributed by atoms with van der Waals surface area (Å²) in [6.45, 7) is 4.21. The lowest BCUT2D eigenvalue weighted by Gasteiger charge is -2.31. The van der Waals surface area contributed by atoms with Crippen molar-refractivity contribution in [3.05, 3.63) is 17.7 Å². The fourth-order valence-electron chi connectivity index (χ4n) is 3.63. The van der Waals surface area contributed by atoms with Gasteiger partial charge in [-0.15, -0.1) is 0 Å². The van der Waals surface area contributed by atoms with Crippen molar-refractivity contribution in [1.29, 1.82) is 0 Å². The van der Waals surface area contributed by atoms with Crippen molar-refractivity contribution in [3.8, 4) is 11.5 Å². The van der Waals surface area contributed by atoms with E-state index in [0.717, 1.165) is 12.8 Å². The predicted octanol–water partition coefficient (Wildman–Crippen LogP) is 2.40. The lowest BCUT2D eigenvalue weighted by molar-refractivity contribution is -0.117. The van der Waals surface area contributed by atoms with Crippen LogP contribution in [0.3, 0.4) is 0 Å². The van der Waals surface area contributed by atoms with Crippen LogP contribution in [0.1, 0.15) is 49.9 Å². The predicted molar refractivity (Wildman–Crippen MR) is 104 cm³/mol. The number of rotatable bonds is 7. The van der Waals surface area contributed by atoms with E-state index in [2.05, 4.69) is 5.32 Å². The zero-order valence-corrected chi connectivity index (χ0v) is 17.0. The summed E-state index contributed by atoms with van der Waals surface area (Å²) < 4.78 is 36.7. The number of amides is 1. The first-order valence-electron chi connectivity index (χ1n) is 9.52. The molecule has 1 atom stereocenters. The number of anilines is 1. The zero-order chi connectivity index (χ0) is 20.3. The highest BCUT2D eigenvalue weighted by Crippen LogP contribution is 2.37. The second-order valence-corrected chi connectivity index (χ2v) is 9.33. The fourth-order valence-corrected chi connectivity index (χ4v) is 5.25. The fraction of sp³-hybridized carbons (Fsp3) is 0.579. The molecule has 0 aromatic heterocycles. The minimum atomic E-state index is -3.26. The monoisotopic (exact) mass is 410 g/mol. The molecule has 0 spiro atoms. The summed E-state index contributed by atoms with van der Waals surface area (Å²) in [6.07, 6.45) is 2.31. The van der Waals surface area contributed by atoms with Crippen molar-refractivity contribution in [2.45, 2.75) is 39.5 Å². The Hall–Kier alpha value is -2.13. The first-order chi connectivity index (χ1) is 13.3. The first kappa shape index (κ1) is 20.6. The summed E-state index contributed by atoms with van der Waals surface area (Å²) in [4.78, 5) is 24.5. The molecule has 2 aliphatic heterocycles. The lowest BCUT2D eigenvalue weighted by atomic mass is 9.95. The number of hydrogen-bond acceptors (Lipinski definition) is 6. The Balaban J connectivity index is 1.67. The smallest absolute Gasteiger partial charge is 0.231 e. The number of hydrogen-bond donors (Lipinski definition) is 1. The number of carbonyl (C=O) groups is 2. The molecule has 0 bridgehead atoms. The van der Waals surface area contributed by atoms with E-state index >= 15 is 0 Å². The van der Waals surface area contributed by atoms with E-state index in [-0.39, 0.29) is 36.6 Å². The number of ether oxygens (including phenoxy) is 2. The highest BCUT2D eigenvalue weighted by Gasteiger charge is 2.29. The number of fused-ring (bicyclic) bond motifs is 1. The van der Waals surface area contributed by atoms with Crippen LogP contribution >= 0.6 is 0 Å². The van der Waals surface area contributed by atoms with Crippen LogP contribution < -0.4 is 14.8 Å². The van der Waals surface area contributed by atoms with Gasteiger partial charge < -0.3 is 14.8 Å². The average Bonchev–Trinajstić information content (AvgIpc) is 3.08. The summed E-state index contributed by atoms with van der Waals surface area (Å²) in [6, 6.07) is 3.16. The molecule has 0 saturated carbocycles. The average molecular weight is 410 g/mol. The third-order valence-electron chi connectivity index (χ3n) is 4.98. The van der Waals surface area contributed by atoms with Gasteiger partial charge in [-0.3, -0.25) is 9.59 Å². The van der Waals surface area contributed by atoms with Crippen LogP contribution in [-0.2, 0) is 14.8 Å². The molecule has 2 heterocycles. The maximum Gasteiger partial charge on any atom is 0.231 e. The zero-order valence-electron chi connectivity index (χ0n) is 16.2. The molecule has 1 N–H and O–H groups in total. The normalized spacial score (nSPS) is 19.4. The van der Waals surface area contributed by atoms with Crippen molar-refractivity contribution in [2.24, 2.45) is 5.92 Å². The molecule has 3 rings (SSSR count). The largest absolute Gasteiger partial charge is 0.454 e. The van der Waals surface area contributed by atoms with Gasteiger partial charge >= 0.3 is 0 Å². The van der Waals surface area contributed by atoms with Crippen LogP contribution in [0.4, 0.5) is 5.69 Å². The van der Waals surface area contributed by atoms with Gasteiger partial charge in [0.05, 0.1) is 11.4 Å². The van der Waals surface area contributed by atoms with E-state index < -0.39 is 10.0 Å². The van der Waals surface area contributed by atoms with Crippen LogP contribution in [0.25, 0.3) is 0 Å². The SMILES string of the molecule is CCCS(=O)(=O)N1CCCC(CC(=O)Nc2cc3c(cc2C(C)=O)OCO3)C1. The Labute approximate surface area is 165 Å². The van der Waals surface area contributed by atoms with Gasteiger partial charge in [0.15, 0.2) is 17.3 Å². The van der Waals surface area contributed by atoms with Crippen molar-refractivity contribution in [2.75, 3.05) is 31.0 Å². The molecular formula is C19H26N2O6S. The number of ketones is 1. The Morgan fingerprint density at radius 2 is 1.96 bits per heavy atom. The summed E-state index contributed by atoms with van der Waals surface area (Å²) in [5.74, 6) is 0.604. The number of carbonyl (C=O) groups excluding carboxylic acids is 2. The molecule has 1 unspecified atom stereocenters. The van der Waals surface area contributed by atoms with E-state index in [1.165, 1.54) is 11.2 Å². The van der Waals surface area contributed by atoms with Crippen LogP contribution in [0, 0.1) is 5.92 Å². The van der Waals surface area contributed by atoms with E-state index in [4.69, 9.17) is 9.47 Å². The standard InChI is InChI=1S/C19H26N2O6S/c1-3-7-28(24,25)21-6-4-5-14(11-21)8-19(23)20-16-10-18-17(26-12-27-18)9-15(16)13(2)22/h9-10,14H,3-8,11-12H2,1-2H3,(H,20,23). The maximum atomic E-state index is 12.6. The number of Topliss-reactive ketones (excluding diaryl/α,β-unsaturated/α-hetero) is 1. The van der Waals surface area contributed by atoms with Crippen molar-refractivity contribution < 1.29 is 27.5 Å². The van der Waals surface area contributed by atoms with Gasteiger partial charge in [-0.25, -0.2) is 12.7 Å². The molecule has 0 radical (unpaired) electrons. The van der Waals surface area contributed by atoms with Gasteiger partial charge in [0.2, 0.25) is 22.7 Å². The van der Waals surface area contributed by atoms with Crippen LogP contribution in [-0.4, -0.2) is 50.0 Å². The van der Waals surface area contributed by atoms with Gasteiger partial charge in [0.25, 0.3) is 0 Å². The van der Waals surface area contributed by atoms with Crippen molar-refractivity contribution in [3.63, 3.8) is 0 Å². The third kappa shape index (κ3) is 4.64. The molecule has 1 fully saturated rings. The highest BCUT2D eigenvalue weighted by molar-refractivity contribution is 7.89. The highest BCUT2D eigenvalue weighted by atomic mass is 32.2. The quantitative estimate of drug-likeness (QED) is 0.693. The molecule has 1 aromatic carbocycles. The molecule has 1 aromatic rings. The maximum absolute atomic E-state index is 12.6. The Morgan fingerprint density at radius 3 is 2.64 bits per heavy atom. The van der Waals surface area contributed by atoms with Crippen molar-refractivity contribution >= 4 is 27.4 Å². The first-order valence-corrected chi connectivity index (χ1v) is 11.1. The molecule has 2 aliphatic rings. The number of nitrogens with one attached hydrogen (secondary N) is 1. The molecule has 1 amide bonds. The van der Waals surface area contributed by atoms with Crippen molar-refractivity contribution in [1.82, 2.24) is 4.31 Å². The molecule has 0 aliphatic carbocycles. The minimum absolute atomic E-state index is 0.0461. The molecule has 9 heteroatoms. The van der Waals surface area contributed by atoms with Gasteiger partial charge in [-0.1, -0.05) is 6.92 Å². The summed E-state index contributed by atoms with van der Waals surface area (Å²) in [7, 11) is -3.26. The summed E-state index contributed by atoms with van der Waals surface area (Å²) in [5, 5.41) is 2.78. The second-order valence-electron chi connectivity index (χ2n) is 7.24. The topological polar surface area (TPSA) is 102 Å². The van der Waals surface area contributed by atoms with Gasteiger partial charge in [0.1, 0.15) is 0 Å². The van der Waals surface area contributed by atoms with E-state index in [0.29, 0.717) is 42.3 Å². The Kier molecular flexibility index (Phi) is 6.24. The van der Waals surface area contributed by atoms with E-state index in [1.54, 1.807) is 12.1 Å². The summed E-state index contributed by atoms with van der Waals surface area (Å²) in [5.41, 5.74) is 0.737. The van der Waals surface area contributed by atoms with E-state index in [1.807, 2.05) is 6.92 Å². The number of benzene rings is 1. The Bertz CT molecular complexity index is 867. The molecule has 8 nitrogen and oxygen atoms in total. The molecular weight excluding hydrogens is 384 g/mol. The summed E-state index contributed by atoms with van der Waals surface area (Å²) >= 11 is 0.